The second-order valence-electron chi connectivity index (χ2n) is 3.80. The molecule has 0 aromatic heterocycles. The minimum Gasteiger partial charge on any atom is -0.464 e. The number of hydrogen-bond acceptors (Lipinski definition) is 4. The van der Waals surface area contributed by atoms with Gasteiger partial charge in [-0.1, -0.05) is 12.1 Å². The number of rotatable bonds is 5. The van der Waals surface area contributed by atoms with Crippen LogP contribution in [-0.4, -0.2) is 24.3 Å². The molecule has 0 bridgehead atoms. The van der Waals surface area contributed by atoms with Gasteiger partial charge in [0.1, 0.15) is 0 Å². The topological polar surface area (TPSA) is 52.3 Å². The molecule has 3 nitrogen and oxygen atoms in total. The lowest BCUT2D eigenvalue weighted by Gasteiger charge is -2.16. The van der Waals surface area contributed by atoms with Crippen molar-refractivity contribution in [1.29, 1.82) is 0 Å². The molecule has 21 heavy (non-hydrogen) atoms. The Morgan fingerprint density at radius 3 is 2.29 bits per heavy atom. The standard InChI is InChI=1S/C12H13F4NO2S.ClH/c1-2-19-11(18)9(13)10(17)7-3-5-8(6-4-7)20-12(14,15)16;/h3-6,9-10H,2,17H2,1H3;1H/t9?,10-;/m1./s1. The molecule has 1 rings (SSSR count). The Morgan fingerprint density at radius 1 is 1.33 bits per heavy atom. The first-order valence-corrected chi connectivity index (χ1v) is 6.48. The first-order valence-electron chi connectivity index (χ1n) is 5.66. The Kier molecular flexibility index (Phi) is 8.05. The van der Waals surface area contributed by atoms with Crippen molar-refractivity contribution in [2.45, 2.75) is 29.5 Å². The van der Waals surface area contributed by atoms with Crippen LogP contribution in [0.25, 0.3) is 0 Å². The first kappa shape index (κ1) is 20.0. The van der Waals surface area contributed by atoms with Crippen LogP contribution >= 0.6 is 24.2 Å². The van der Waals surface area contributed by atoms with Gasteiger partial charge in [-0.2, -0.15) is 13.2 Å². The van der Waals surface area contributed by atoms with Crippen LogP contribution in [0.1, 0.15) is 18.5 Å². The molecule has 0 heterocycles. The van der Waals surface area contributed by atoms with E-state index in [2.05, 4.69) is 4.74 Å². The lowest BCUT2D eigenvalue weighted by Crippen LogP contribution is -2.31. The average Bonchev–Trinajstić information content (AvgIpc) is 2.36. The van der Waals surface area contributed by atoms with E-state index < -0.39 is 23.7 Å². The Labute approximate surface area is 129 Å². The summed E-state index contributed by atoms with van der Waals surface area (Å²) in [7, 11) is 0. The molecule has 0 radical (unpaired) electrons. The van der Waals surface area contributed by atoms with Crippen LogP contribution in [0.2, 0.25) is 0 Å². The summed E-state index contributed by atoms with van der Waals surface area (Å²) in [5.41, 5.74) is 1.37. The summed E-state index contributed by atoms with van der Waals surface area (Å²) in [5, 5.41) is 0. The molecule has 1 unspecified atom stereocenters. The highest BCUT2D eigenvalue weighted by atomic mass is 35.5. The van der Waals surface area contributed by atoms with Gasteiger partial charge >= 0.3 is 11.5 Å². The molecule has 0 aliphatic rings. The smallest absolute Gasteiger partial charge is 0.446 e. The number of carbonyl (C=O) groups excluding carboxylic acids is 1. The van der Waals surface area contributed by atoms with E-state index in [9.17, 15) is 22.4 Å². The van der Waals surface area contributed by atoms with Crippen molar-refractivity contribution in [2.24, 2.45) is 5.73 Å². The van der Waals surface area contributed by atoms with E-state index in [1.54, 1.807) is 0 Å². The summed E-state index contributed by atoms with van der Waals surface area (Å²) in [6.07, 6.45) is -2.06. The monoisotopic (exact) mass is 347 g/mol. The lowest BCUT2D eigenvalue weighted by molar-refractivity contribution is -0.149. The van der Waals surface area contributed by atoms with E-state index in [1.165, 1.54) is 31.2 Å². The summed E-state index contributed by atoms with van der Waals surface area (Å²) in [5.74, 6) is -1.09. The van der Waals surface area contributed by atoms with Crippen molar-refractivity contribution in [3.63, 3.8) is 0 Å². The Balaban J connectivity index is 0.00000400. The molecule has 0 amide bonds. The summed E-state index contributed by atoms with van der Waals surface area (Å²) < 4.78 is 54.5. The maximum absolute atomic E-state index is 13.6. The molecule has 0 fully saturated rings. The molecular weight excluding hydrogens is 334 g/mol. The number of benzene rings is 1. The number of carbonyl (C=O) groups is 1. The summed E-state index contributed by atoms with van der Waals surface area (Å²) in [6.45, 7) is 1.55. The molecular formula is C12H14ClF4NO2S. The van der Waals surface area contributed by atoms with Gasteiger partial charge in [-0.05, 0) is 36.4 Å². The van der Waals surface area contributed by atoms with Crippen molar-refractivity contribution in [1.82, 2.24) is 0 Å². The highest BCUT2D eigenvalue weighted by Gasteiger charge is 2.30. The second kappa shape index (κ2) is 8.45. The zero-order chi connectivity index (χ0) is 15.3. The predicted octanol–water partition coefficient (Wildman–Crippen LogP) is 3.62. The van der Waals surface area contributed by atoms with Gasteiger partial charge in [-0.15, -0.1) is 12.4 Å². The number of halogens is 5. The van der Waals surface area contributed by atoms with Crippen LogP contribution in [0.3, 0.4) is 0 Å². The lowest BCUT2D eigenvalue weighted by atomic mass is 10.0. The molecule has 0 spiro atoms. The largest absolute Gasteiger partial charge is 0.464 e. The van der Waals surface area contributed by atoms with Crippen LogP contribution in [-0.2, 0) is 9.53 Å². The van der Waals surface area contributed by atoms with Crippen LogP contribution in [0, 0.1) is 0 Å². The third-order valence-corrected chi connectivity index (χ3v) is 3.06. The molecule has 1 aromatic rings. The number of alkyl halides is 4. The fourth-order valence-electron chi connectivity index (χ4n) is 1.43. The predicted molar refractivity (Wildman–Crippen MR) is 74.1 cm³/mol. The Morgan fingerprint density at radius 2 is 1.86 bits per heavy atom. The van der Waals surface area contributed by atoms with E-state index in [1.807, 2.05) is 0 Å². The van der Waals surface area contributed by atoms with Crippen LogP contribution in [0.15, 0.2) is 29.2 Å². The molecule has 0 saturated carbocycles. The fraction of sp³-hybridized carbons (Fsp3) is 0.417. The van der Waals surface area contributed by atoms with Gasteiger partial charge in [0.2, 0.25) is 6.17 Å². The van der Waals surface area contributed by atoms with Crippen molar-refractivity contribution < 1.29 is 27.1 Å². The van der Waals surface area contributed by atoms with Crippen LogP contribution in [0.4, 0.5) is 17.6 Å². The minimum atomic E-state index is -4.39. The second-order valence-corrected chi connectivity index (χ2v) is 4.93. The maximum Gasteiger partial charge on any atom is 0.446 e. The summed E-state index contributed by atoms with van der Waals surface area (Å²) >= 11 is -0.282. The highest BCUT2D eigenvalue weighted by molar-refractivity contribution is 8.00. The van der Waals surface area contributed by atoms with Gasteiger partial charge in [-0.25, -0.2) is 9.18 Å². The number of thioether (sulfide) groups is 1. The Bertz CT molecular complexity index is 456. The maximum atomic E-state index is 13.6. The third kappa shape index (κ3) is 6.54. The molecule has 2 N–H and O–H groups in total. The van der Waals surface area contributed by atoms with Crippen molar-refractivity contribution >= 4 is 30.1 Å². The van der Waals surface area contributed by atoms with E-state index in [0.717, 1.165) is 0 Å². The zero-order valence-electron chi connectivity index (χ0n) is 10.9. The van der Waals surface area contributed by atoms with Crippen LogP contribution in [0.5, 0.6) is 0 Å². The van der Waals surface area contributed by atoms with Crippen molar-refractivity contribution in [3.8, 4) is 0 Å². The molecule has 0 aliphatic carbocycles. The van der Waals surface area contributed by atoms with Gasteiger partial charge in [0.05, 0.1) is 12.6 Å². The summed E-state index contributed by atoms with van der Waals surface area (Å²) in [6, 6.07) is 3.57. The van der Waals surface area contributed by atoms with Gasteiger partial charge in [0.15, 0.2) is 0 Å². The third-order valence-electron chi connectivity index (χ3n) is 2.33. The highest BCUT2D eigenvalue weighted by Crippen LogP contribution is 2.37. The van der Waals surface area contributed by atoms with Crippen LogP contribution < -0.4 is 5.73 Å². The molecule has 2 atom stereocenters. The fourth-order valence-corrected chi connectivity index (χ4v) is 1.97. The zero-order valence-corrected chi connectivity index (χ0v) is 12.5. The van der Waals surface area contributed by atoms with E-state index in [4.69, 9.17) is 5.73 Å². The van der Waals surface area contributed by atoms with Gasteiger partial charge in [0, 0.05) is 4.90 Å². The average molecular weight is 348 g/mol. The summed E-state index contributed by atoms with van der Waals surface area (Å²) in [4.78, 5) is 11.1. The van der Waals surface area contributed by atoms with Gasteiger partial charge < -0.3 is 10.5 Å². The molecule has 0 saturated heterocycles. The normalized spacial score (nSPS) is 14.0. The number of nitrogens with two attached hydrogens (primary N) is 1. The molecule has 120 valence electrons. The van der Waals surface area contributed by atoms with Gasteiger partial charge in [-0.3, -0.25) is 0 Å². The number of ether oxygens (including phenoxy) is 1. The Hall–Kier alpha value is -0.990. The first-order chi connectivity index (χ1) is 9.24. The molecule has 9 heteroatoms. The number of esters is 1. The quantitative estimate of drug-likeness (QED) is 0.502. The van der Waals surface area contributed by atoms with Crippen molar-refractivity contribution in [3.05, 3.63) is 29.8 Å². The van der Waals surface area contributed by atoms with Gasteiger partial charge in [0.25, 0.3) is 0 Å². The van der Waals surface area contributed by atoms with E-state index >= 15 is 0 Å². The molecule has 1 aromatic carbocycles. The van der Waals surface area contributed by atoms with Crippen molar-refractivity contribution in [2.75, 3.05) is 6.61 Å². The molecule has 0 aliphatic heterocycles. The van der Waals surface area contributed by atoms with E-state index in [-0.39, 0.29) is 41.2 Å². The SMILES string of the molecule is CCOC(=O)C(F)[C@H](N)c1ccc(SC(F)(F)F)cc1.Cl. The number of hydrogen-bond donors (Lipinski definition) is 1. The van der Waals surface area contributed by atoms with E-state index in [0.29, 0.717) is 0 Å². The minimum absolute atomic E-state index is 0.